The predicted molar refractivity (Wildman–Crippen MR) is 176 cm³/mol. The Morgan fingerprint density at radius 3 is 2.36 bits per heavy atom. The number of aliphatic hydroxyl groups excluding tert-OH is 1. The van der Waals surface area contributed by atoms with Crippen molar-refractivity contribution < 1.29 is 29.0 Å². The van der Waals surface area contributed by atoms with Crippen molar-refractivity contribution in [3.8, 4) is 5.75 Å². The molecule has 1 N–H and O–H groups in total. The molecule has 0 saturated carbocycles. The van der Waals surface area contributed by atoms with Gasteiger partial charge in [-0.1, -0.05) is 52.7 Å². The highest BCUT2D eigenvalue weighted by Crippen LogP contribution is 2.66. The summed E-state index contributed by atoms with van der Waals surface area (Å²) in [6.07, 6.45) is 6.65. The van der Waals surface area contributed by atoms with Gasteiger partial charge in [-0.2, -0.15) is 0 Å². The van der Waals surface area contributed by atoms with Crippen molar-refractivity contribution >= 4 is 23.4 Å². The molecule has 2 bridgehead atoms. The number of likely N-dealkylation sites (tertiary alicyclic amines) is 1. The molecule has 9 nitrogen and oxygen atoms in total. The van der Waals surface area contributed by atoms with Gasteiger partial charge in [0, 0.05) is 25.3 Å². The van der Waals surface area contributed by atoms with Gasteiger partial charge in [0.1, 0.15) is 17.4 Å². The lowest BCUT2D eigenvalue weighted by Crippen LogP contribution is -2.60. The second-order valence-corrected chi connectivity index (χ2v) is 13.4. The lowest BCUT2D eigenvalue weighted by Gasteiger charge is -2.40. The van der Waals surface area contributed by atoms with Gasteiger partial charge in [0.25, 0.3) is 0 Å². The number of unbranched alkanes of at least 4 members (excludes halogenated alkanes) is 2. The molecule has 248 valence electrons. The van der Waals surface area contributed by atoms with Crippen molar-refractivity contribution in [2.24, 2.45) is 23.7 Å². The van der Waals surface area contributed by atoms with Gasteiger partial charge >= 0.3 is 0 Å². The van der Waals surface area contributed by atoms with Crippen LogP contribution in [0.5, 0.6) is 5.75 Å². The second-order valence-electron chi connectivity index (χ2n) is 13.4. The monoisotopic (exact) mass is 623 g/mol. The first-order valence-corrected chi connectivity index (χ1v) is 16.6. The molecule has 1 aromatic rings. The quantitative estimate of drug-likeness (QED) is 0.209. The fourth-order valence-electron chi connectivity index (χ4n) is 7.99. The SMILES string of the molecule is C=CCN(CCCCC)C(=O)C1N([C@@H](CO)C(C)C)C(=O)[C@@H]2[C@@H](C(=O)N(CC=C)c3ccc(OCC)cc3)[C@]3(C)OC12CC3C. The minimum Gasteiger partial charge on any atom is -0.494 e. The predicted octanol–water partition coefficient (Wildman–Crippen LogP) is 4.84. The number of hydrogen-bond acceptors (Lipinski definition) is 6. The zero-order valence-corrected chi connectivity index (χ0v) is 28.0. The molecule has 45 heavy (non-hydrogen) atoms. The lowest BCUT2D eigenvalue weighted by atomic mass is 9.62. The molecule has 0 radical (unpaired) electrons. The van der Waals surface area contributed by atoms with E-state index < -0.39 is 35.1 Å². The van der Waals surface area contributed by atoms with Gasteiger partial charge in [-0.25, -0.2) is 0 Å². The maximum atomic E-state index is 14.8. The number of anilines is 1. The van der Waals surface area contributed by atoms with E-state index >= 15 is 0 Å². The summed E-state index contributed by atoms with van der Waals surface area (Å²) in [4.78, 5) is 49.2. The van der Waals surface area contributed by atoms with E-state index in [0.29, 0.717) is 37.6 Å². The summed E-state index contributed by atoms with van der Waals surface area (Å²) >= 11 is 0. The number of rotatable bonds is 16. The van der Waals surface area contributed by atoms with Gasteiger partial charge in [0.05, 0.1) is 36.7 Å². The number of benzene rings is 1. The number of ether oxygens (including phenoxy) is 2. The third-order valence-electron chi connectivity index (χ3n) is 10.3. The van der Waals surface area contributed by atoms with Gasteiger partial charge in [-0.3, -0.25) is 14.4 Å². The number of amides is 3. The average molecular weight is 624 g/mol. The number of hydrogen-bond donors (Lipinski definition) is 1. The first-order chi connectivity index (χ1) is 21.5. The zero-order valence-electron chi connectivity index (χ0n) is 28.0. The molecule has 0 aliphatic carbocycles. The van der Waals surface area contributed by atoms with E-state index in [9.17, 15) is 19.5 Å². The van der Waals surface area contributed by atoms with Gasteiger partial charge in [-0.15, -0.1) is 13.2 Å². The molecule has 3 saturated heterocycles. The third-order valence-corrected chi connectivity index (χ3v) is 10.3. The van der Waals surface area contributed by atoms with E-state index in [1.165, 1.54) is 0 Å². The van der Waals surface area contributed by atoms with Gasteiger partial charge in [0.15, 0.2) is 0 Å². The zero-order chi connectivity index (χ0) is 33.1. The fraction of sp³-hybridized carbons (Fsp3) is 0.639. The molecule has 1 aromatic carbocycles. The highest BCUT2D eigenvalue weighted by atomic mass is 16.5. The number of carbonyl (C=O) groups is 3. The maximum Gasteiger partial charge on any atom is 0.248 e. The van der Waals surface area contributed by atoms with Crippen LogP contribution in [0.1, 0.15) is 67.2 Å². The van der Waals surface area contributed by atoms with Gasteiger partial charge < -0.3 is 29.3 Å². The summed E-state index contributed by atoms with van der Waals surface area (Å²) < 4.78 is 12.6. The normalized spacial score (nSPS) is 29.1. The molecule has 3 amide bonds. The minimum atomic E-state index is -1.20. The molecule has 3 heterocycles. The highest BCUT2D eigenvalue weighted by Gasteiger charge is 2.80. The third kappa shape index (κ3) is 5.94. The smallest absolute Gasteiger partial charge is 0.248 e. The first kappa shape index (κ1) is 34.7. The Labute approximate surface area is 269 Å². The van der Waals surface area contributed by atoms with E-state index in [0.717, 1.165) is 19.3 Å². The van der Waals surface area contributed by atoms with E-state index in [-0.39, 0.29) is 42.7 Å². The molecule has 9 heteroatoms. The van der Waals surface area contributed by atoms with Crippen LogP contribution in [-0.4, -0.2) is 88.8 Å². The largest absolute Gasteiger partial charge is 0.494 e. The molecule has 0 aromatic heterocycles. The summed E-state index contributed by atoms with van der Waals surface area (Å²) in [5.74, 6) is -1.98. The first-order valence-electron chi connectivity index (χ1n) is 16.6. The van der Waals surface area contributed by atoms with Crippen LogP contribution in [0.15, 0.2) is 49.6 Å². The van der Waals surface area contributed by atoms with Crippen LogP contribution in [0.25, 0.3) is 0 Å². The standard InChI is InChI=1S/C36H53N3O6/c1-9-13-14-21-37(19-10-2)34(43)31-36-22-25(7)35(8,45-36)29(30(36)33(42)39(31)28(23-40)24(5)6)32(41)38(20-11-3)26-15-17-27(18-16-26)44-12-4/h10-11,15-18,24-25,28-31,40H,2-3,9,12-14,19-23H2,1,4-8H3/t25?,28-,29-,30-,31?,35+,36?/m0/s1. The summed E-state index contributed by atoms with van der Waals surface area (Å²) in [6, 6.07) is 5.75. The number of carbonyl (C=O) groups excluding carboxylic acids is 3. The van der Waals surface area contributed by atoms with E-state index in [2.05, 4.69) is 20.1 Å². The lowest BCUT2D eigenvalue weighted by molar-refractivity contribution is -0.156. The number of aliphatic hydroxyl groups is 1. The molecule has 3 fully saturated rings. The van der Waals surface area contributed by atoms with Crippen molar-refractivity contribution in [2.45, 2.75) is 90.5 Å². The van der Waals surface area contributed by atoms with Crippen LogP contribution in [0, 0.1) is 23.7 Å². The topological polar surface area (TPSA) is 99.6 Å². The van der Waals surface area contributed by atoms with Crippen molar-refractivity contribution in [3.05, 3.63) is 49.6 Å². The molecular weight excluding hydrogens is 570 g/mol. The maximum absolute atomic E-state index is 14.8. The van der Waals surface area contributed by atoms with Crippen molar-refractivity contribution in [1.82, 2.24) is 9.80 Å². The van der Waals surface area contributed by atoms with Crippen LogP contribution in [-0.2, 0) is 19.1 Å². The van der Waals surface area contributed by atoms with Crippen molar-refractivity contribution in [2.75, 3.05) is 37.7 Å². The Bertz CT molecular complexity index is 1250. The van der Waals surface area contributed by atoms with Crippen LogP contribution in [0.3, 0.4) is 0 Å². The Hall–Kier alpha value is -3.17. The van der Waals surface area contributed by atoms with Crippen molar-refractivity contribution in [3.63, 3.8) is 0 Å². The Morgan fingerprint density at radius 2 is 1.80 bits per heavy atom. The van der Waals surface area contributed by atoms with E-state index in [4.69, 9.17) is 9.47 Å². The number of nitrogens with zero attached hydrogens (tertiary/aromatic N) is 3. The fourth-order valence-corrected chi connectivity index (χ4v) is 7.99. The number of fused-ring (bicyclic) bond motifs is 1. The van der Waals surface area contributed by atoms with Gasteiger partial charge in [-0.05, 0) is 62.8 Å². The van der Waals surface area contributed by atoms with Gasteiger partial charge in [0.2, 0.25) is 17.7 Å². The molecule has 4 rings (SSSR count). The average Bonchev–Trinajstić information content (AvgIpc) is 3.52. The molecule has 3 unspecified atom stereocenters. The minimum absolute atomic E-state index is 0.101. The summed E-state index contributed by atoms with van der Waals surface area (Å²) in [5, 5.41) is 10.6. The van der Waals surface area contributed by atoms with E-state index in [1.807, 2.05) is 58.9 Å². The molecule has 3 aliphatic heterocycles. The Balaban J connectivity index is 1.83. The van der Waals surface area contributed by atoms with Crippen molar-refractivity contribution in [1.29, 1.82) is 0 Å². The van der Waals surface area contributed by atoms with Crippen LogP contribution in [0.2, 0.25) is 0 Å². The van der Waals surface area contributed by atoms with Crippen LogP contribution < -0.4 is 9.64 Å². The summed E-state index contributed by atoms with van der Waals surface area (Å²) in [7, 11) is 0. The molecule has 1 spiro atoms. The Morgan fingerprint density at radius 1 is 1.13 bits per heavy atom. The highest BCUT2D eigenvalue weighted by molar-refractivity contribution is 6.03. The van der Waals surface area contributed by atoms with Crippen LogP contribution >= 0.6 is 0 Å². The summed E-state index contributed by atoms with van der Waals surface area (Å²) in [5.41, 5.74) is -1.51. The summed E-state index contributed by atoms with van der Waals surface area (Å²) in [6.45, 7) is 21.0. The van der Waals surface area contributed by atoms with E-state index in [1.54, 1.807) is 26.9 Å². The molecule has 3 aliphatic rings. The molecule has 7 atom stereocenters. The molecular formula is C36H53N3O6. The Kier molecular flexibility index (Phi) is 10.9. The second kappa shape index (κ2) is 14.1. The van der Waals surface area contributed by atoms with Crippen LogP contribution in [0.4, 0.5) is 5.69 Å².